The molecule has 1 aromatic rings. The summed E-state index contributed by atoms with van der Waals surface area (Å²) >= 11 is 0. The van der Waals surface area contributed by atoms with Crippen molar-refractivity contribution in [3.05, 3.63) is 29.8 Å². The zero-order valence-corrected chi connectivity index (χ0v) is 12.1. The Morgan fingerprint density at radius 3 is 2.85 bits per heavy atom. The number of aliphatic carboxylic acids is 1. The van der Waals surface area contributed by atoms with Crippen molar-refractivity contribution in [2.24, 2.45) is 0 Å². The summed E-state index contributed by atoms with van der Waals surface area (Å²) in [5, 5.41) is 7.86. The number of fused-ring (bicyclic) bond motifs is 1. The minimum Gasteiger partial charge on any atom is -0.493 e. The van der Waals surface area contributed by atoms with E-state index in [4.69, 9.17) is 9.84 Å². The summed E-state index contributed by atoms with van der Waals surface area (Å²) in [6.45, 7) is 1.94. The van der Waals surface area contributed by atoms with Crippen LogP contribution >= 0.6 is 0 Å². The number of carbonyl (C=O) groups is 1. The zero-order valence-electron chi connectivity index (χ0n) is 11.3. The maximum Gasteiger partial charge on any atom is 0.304 e. The molecule has 0 aliphatic carbocycles. The Morgan fingerprint density at radius 1 is 1.45 bits per heavy atom. The van der Waals surface area contributed by atoms with Gasteiger partial charge < -0.3 is 9.84 Å². The molecular weight excluding hydrogens is 280 g/mol. The normalized spacial score (nSPS) is 19.8. The lowest BCUT2D eigenvalue weighted by Gasteiger charge is -2.26. The average molecular weight is 298 g/mol. The van der Waals surface area contributed by atoms with E-state index >= 15 is 0 Å². The van der Waals surface area contributed by atoms with E-state index in [1.165, 1.54) is 6.92 Å². The molecule has 0 radical (unpaired) electrons. The number of hydrogen-bond donors (Lipinski definition) is 1. The van der Waals surface area contributed by atoms with Gasteiger partial charge in [-0.15, -0.1) is 0 Å². The molecule has 1 aromatic carbocycles. The van der Waals surface area contributed by atoms with E-state index in [-0.39, 0.29) is 18.1 Å². The maximum atomic E-state index is 12.2. The van der Waals surface area contributed by atoms with Crippen LogP contribution in [0.2, 0.25) is 0 Å². The van der Waals surface area contributed by atoms with E-state index in [0.29, 0.717) is 13.0 Å². The predicted molar refractivity (Wildman–Crippen MR) is 74.8 cm³/mol. The standard InChI is InChI=1S/C14H18O5S/c1-10(8-14(15)16)20(17,18)9-11-6-7-19-13-5-3-2-4-12(11)13/h2-5,10-11H,6-9H2,1H3,(H,15,16). The molecule has 1 N–H and O–H groups in total. The van der Waals surface area contributed by atoms with Gasteiger partial charge in [-0.3, -0.25) is 4.79 Å². The first kappa shape index (κ1) is 14.8. The van der Waals surface area contributed by atoms with Crippen LogP contribution in [0.4, 0.5) is 0 Å². The fourth-order valence-corrected chi connectivity index (χ4v) is 4.04. The van der Waals surface area contributed by atoms with E-state index in [1.807, 2.05) is 24.3 Å². The van der Waals surface area contributed by atoms with Crippen LogP contribution in [-0.4, -0.2) is 37.1 Å². The van der Waals surface area contributed by atoms with Gasteiger partial charge in [0.2, 0.25) is 0 Å². The highest BCUT2D eigenvalue weighted by Crippen LogP contribution is 2.34. The summed E-state index contributed by atoms with van der Waals surface area (Å²) in [6, 6.07) is 7.40. The molecule has 0 bridgehead atoms. The molecule has 20 heavy (non-hydrogen) atoms. The monoisotopic (exact) mass is 298 g/mol. The highest BCUT2D eigenvalue weighted by Gasteiger charge is 2.30. The molecule has 1 aliphatic heterocycles. The van der Waals surface area contributed by atoms with Crippen molar-refractivity contribution in [1.82, 2.24) is 0 Å². The number of carboxylic acid groups (broad SMARTS) is 1. The predicted octanol–water partition coefficient (Wildman–Crippen LogP) is 1.83. The molecule has 0 saturated carbocycles. The molecule has 110 valence electrons. The maximum absolute atomic E-state index is 12.2. The number of rotatable bonds is 5. The molecule has 2 unspecified atom stereocenters. The van der Waals surface area contributed by atoms with Gasteiger partial charge in [0.25, 0.3) is 0 Å². The Morgan fingerprint density at radius 2 is 2.15 bits per heavy atom. The fourth-order valence-electron chi connectivity index (χ4n) is 2.41. The largest absolute Gasteiger partial charge is 0.493 e. The Hall–Kier alpha value is -1.56. The van der Waals surface area contributed by atoms with E-state index in [9.17, 15) is 13.2 Å². The third-order valence-corrected chi connectivity index (χ3v) is 5.85. The third kappa shape index (κ3) is 3.30. The van der Waals surface area contributed by atoms with Crippen molar-refractivity contribution in [3.63, 3.8) is 0 Å². The lowest BCUT2D eigenvalue weighted by Crippen LogP contribution is -2.29. The van der Waals surface area contributed by atoms with Crippen LogP contribution in [0.15, 0.2) is 24.3 Å². The average Bonchev–Trinajstić information content (AvgIpc) is 2.38. The fraction of sp³-hybridized carbons (Fsp3) is 0.500. The van der Waals surface area contributed by atoms with Crippen LogP contribution in [0, 0.1) is 0 Å². The molecule has 0 amide bonds. The molecule has 6 heteroatoms. The Kier molecular flexibility index (Phi) is 4.32. The second kappa shape index (κ2) is 5.83. The van der Waals surface area contributed by atoms with E-state index < -0.39 is 21.1 Å². The van der Waals surface area contributed by atoms with Crippen LogP contribution in [0.25, 0.3) is 0 Å². The quantitative estimate of drug-likeness (QED) is 0.897. The lowest BCUT2D eigenvalue weighted by atomic mass is 9.95. The highest BCUT2D eigenvalue weighted by molar-refractivity contribution is 7.92. The summed E-state index contributed by atoms with van der Waals surface area (Å²) in [5.41, 5.74) is 0.893. The van der Waals surface area contributed by atoms with Crippen LogP contribution in [0.3, 0.4) is 0 Å². The summed E-state index contributed by atoms with van der Waals surface area (Å²) in [4.78, 5) is 10.7. The SMILES string of the molecule is CC(CC(=O)O)S(=O)(=O)CC1CCOc2ccccc21. The van der Waals surface area contributed by atoms with Crippen LogP contribution in [-0.2, 0) is 14.6 Å². The van der Waals surface area contributed by atoms with Gasteiger partial charge in [0, 0.05) is 5.92 Å². The first-order valence-corrected chi connectivity index (χ1v) is 8.27. The van der Waals surface area contributed by atoms with Crippen molar-refractivity contribution >= 4 is 15.8 Å². The number of sulfone groups is 1. The van der Waals surface area contributed by atoms with E-state index in [0.717, 1.165) is 11.3 Å². The van der Waals surface area contributed by atoms with Gasteiger partial charge in [-0.2, -0.15) is 0 Å². The molecule has 0 fully saturated rings. The van der Waals surface area contributed by atoms with E-state index in [1.54, 1.807) is 0 Å². The van der Waals surface area contributed by atoms with Gasteiger partial charge in [-0.25, -0.2) is 8.42 Å². The highest BCUT2D eigenvalue weighted by atomic mass is 32.2. The zero-order chi connectivity index (χ0) is 14.8. The summed E-state index contributed by atoms with van der Waals surface area (Å²) in [5.74, 6) is -0.513. The number of benzene rings is 1. The van der Waals surface area contributed by atoms with Crippen molar-refractivity contribution in [3.8, 4) is 5.75 Å². The van der Waals surface area contributed by atoms with E-state index in [2.05, 4.69) is 0 Å². The first-order valence-electron chi connectivity index (χ1n) is 6.55. The smallest absolute Gasteiger partial charge is 0.304 e. The minimum absolute atomic E-state index is 0.0260. The molecule has 5 nitrogen and oxygen atoms in total. The van der Waals surface area contributed by atoms with Gasteiger partial charge in [0.05, 0.1) is 24.0 Å². The molecule has 2 atom stereocenters. The molecule has 0 saturated heterocycles. The van der Waals surface area contributed by atoms with Gasteiger partial charge in [-0.05, 0) is 25.0 Å². The van der Waals surface area contributed by atoms with Gasteiger partial charge in [0.1, 0.15) is 5.75 Å². The summed E-state index contributed by atoms with van der Waals surface area (Å²) < 4.78 is 30.0. The molecule has 1 aliphatic rings. The van der Waals surface area contributed by atoms with Crippen molar-refractivity contribution in [1.29, 1.82) is 0 Å². The Labute approximate surface area is 118 Å². The Bertz CT molecular complexity index is 593. The topological polar surface area (TPSA) is 80.7 Å². The van der Waals surface area contributed by atoms with Crippen LogP contribution in [0.1, 0.15) is 31.2 Å². The molecular formula is C14H18O5S. The summed E-state index contributed by atoms with van der Waals surface area (Å²) in [6.07, 6.45) is 0.281. The summed E-state index contributed by atoms with van der Waals surface area (Å²) in [7, 11) is -3.43. The van der Waals surface area contributed by atoms with Gasteiger partial charge in [-0.1, -0.05) is 18.2 Å². The van der Waals surface area contributed by atoms with Crippen LogP contribution < -0.4 is 4.74 Å². The number of ether oxygens (including phenoxy) is 1. The third-order valence-electron chi connectivity index (χ3n) is 3.59. The molecule has 1 heterocycles. The molecule has 0 spiro atoms. The molecule has 2 rings (SSSR count). The van der Waals surface area contributed by atoms with Gasteiger partial charge in [0.15, 0.2) is 9.84 Å². The van der Waals surface area contributed by atoms with Crippen molar-refractivity contribution in [2.75, 3.05) is 12.4 Å². The minimum atomic E-state index is -3.43. The second-order valence-corrected chi connectivity index (χ2v) is 7.57. The first-order chi connectivity index (χ1) is 9.40. The Balaban J connectivity index is 2.17. The molecule has 0 aromatic heterocycles. The second-order valence-electron chi connectivity index (χ2n) is 5.11. The van der Waals surface area contributed by atoms with Crippen molar-refractivity contribution < 1.29 is 23.1 Å². The lowest BCUT2D eigenvalue weighted by molar-refractivity contribution is -0.136. The van der Waals surface area contributed by atoms with Crippen molar-refractivity contribution in [2.45, 2.75) is 30.9 Å². The van der Waals surface area contributed by atoms with Crippen LogP contribution in [0.5, 0.6) is 5.75 Å². The number of para-hydroxylation sites is 1. The number of hydrogen-bond acceptors (Lipinski definition) is 4. The number of carboxylic acids is 1. The van der Waals surface area contributed by atoms with Gasteiger partial charge >= 0.3 is 5.97 Å².